The van der Waals surface area contributed by atoms with Crippen LogP contribution < -0.4 is 15.0 Å². The molecule has 0 bridgehead atoms. The number of carbonyl (C=O) groups is 1. The van der Waals surface area contributed by atoms with Crippen molar-refractivity contribution in [3.05, 3.63) is 47.7 Å². The van der Waals surface area contributed by atoms with Crippen molar-refractivity contribution in [1.82, 2.24) is 9.88 Å². The number of alkyl halides is 3. The van der Waals surface area contributed by atoms with Gasteiger partial charge in [0.2, 0.25) is 5.91 Å². The van der Waals surface area contributed by atoms with E-state index >= 15 is 0 Å². The molecule has 0 unspecified atom stereocenters. The number of ether oxygens (including phenoxy) is 1. The molecule has 2 aliphatic carbocycles. The third kappa shape index (κ3) is 6.98. The van der Waals surface area contributed by atoms with Crippen LogP contribution in [-0.4, -0.2) is 54.1 Å². The van der Waals surface area contributed by atoms with E-state index in [2.05, 4.69) is 15.2 Å². The van der Waals surface area contributed by atoms with Crippen molar-refractivity contribution in [2.45, 2.75) is 76.1 Å². The van der Waals surface area contributed by atoms with Gasteiger partial charge < -0.3 is 19.9 Å². The van der Waals surface area contributed by atoms with Crippen molar-refractivity contribution in [1.29, 1.82) is 5.26 Å². The van der Waals surface area contributed by atoms with E-state index < -0.39 is 11.7 Å². The van der Waals surface area contributed by atoms with Gasteiger partial charge in [-0.1, -0.05) is 12.8 Å². The minimum absolute atomic E-state index is 0.0186. The maximum Gasteiger partial charge on any atom is 0.417 e. The molecule has 1 saturated heterocycles. The van der Waals surface area contributed by atoms with Crippen molar-refractivity contribution >= 4 is 17.4 Å². The molecule has 5 rings (SSSR count). The Morgan fingerprint density at radius 1 is 1.02 bits per heavy atom. The SMILES string of the molecule is N#Cc1ccc(N[C@H]2CC[C@H](Oc3ccnc(N4CCN(C(=O)CC5CCCC5)CC4)c3)CC2)cc1C(F)(F)F. The zero-order valence-corrected chi connectivity index (χ0v) is 22.6. The van der Waals surface area contributed by atoms with Gasteiger partial charge in [-0.3, -0.25) is 4.79 Å². The lowest BCUT2D eigenvalue weighted by molar-refractivity contribution is -0.137. The van der Waals surface area contributed by atoms with E-state index in [1.807, 2.05) is 17.0 Å². The lowest BCUT2D eigenvalue weighted by atomic mass is 9.92. The molecule has 0 radical (unpaired) electrons. The standard InChI is InChI=1S/C30H36F3N5O2/c31-30(32,33)27-18-24(6-5-22(27)20-34)36-23-7-9-25(10-8-23)40-26-11-12-35-28(19-26)37-13-15-38(16-14-37)29(39)17-21-3-1-2-4-21/h5-6,11-12,18-19,21,23,25,36H,1-4,7-10,13-17H2/t23-,25-. The first-order chi connectivity index (χ1) is 19.3. The monoisotopic (exact) mass is 555 g/mol. The van der Waals surface area contributed by atoms with Gasteiger partial charge in [-0.05, 0) is 68.7 Å². The van der Waals surface area contributed by atoms with Crippen molar-refractivity contribution in [3.63, 3.8) is 0 Å². The van der Waals surface area contributed by atoms with E-state index in [4.69, 9.17) is 10.00 Å². The number of hydrogen-bond donors (Lipinski definition) is 1. The largest absolute Gasteiger partial charge is 0.490 e. The molecular weight excluding hydrogens is 519 g/mol. The first-order valence-electron chi connectivity index (χ1n) is 14.3. The van der Waals surface area contributed by atoms with Crippen LogP contribution in [0.5, 0.6) is 5.75 Å². The van der Waals surface area contributed by atoms with Crippen LogP contribution in [0.4, 0.5) is 24.7 Å². The number of pyridine rings is 1. The van der Waals surface area contributed by atoms with E-state index in [1.54, 1.807) is 12.3 Å². The Kier molecular flexibility index (Phi) is 8.67. The van der Waals surface area contributed by atoms with Crippen LogP contribution in [0.25, 0.3) is 0 Å². The van der Waals surface area contributed by atoms with Crippen LogP contribution in [0, 0.1) is 17.2 Å². The number of amides is 1. The average Bonchev–Trinajstić information content (AvgIpc) is 3.47. The fourth-order valence-corrected chi connectivity index (χ4v) is 6.14. The second kappa shape index (κ2) is 12.4. The van der Waals surface area contributed by atoms with Gasteiger partial charge in [0.1, 0.15) is 11.6 Å². The number of benzene rings is 1. The number of nitrogens with zero attached hydrogens (tertiary/aromatic N) is 4. The topological polar surface area (TPSA) is 81.5 Å². The minimum atomic E-state index is -4.57. The zero-order chi connectivity index (χ0) is 28.1. The molecule has 2 heterocycles. The highest BCUT2D eigenvalue weighted by Gasteiger charge is 2.34. The summed E-state index contributed by atoms with van der Waals surface area (Å²) in [6.45, 7) is 2.90. The number of nitrogens with one attached hydrogen (secondary N) is 1. The molecule has 10 heteroatoms. The number of rotatable bonds is 7. The summed E-state index contributed by atoms with van der Waals surface area (Å²) in [6, 6.07) is 9.22. The molecular formula is C30H36F3N5O2. The van der Waals surface area contributed by atoms with Crippen molar-refractivity contribution in [2.24, 2.45) is 5.92 Å². The quantitative estimate of drug-likeness (QED) is 0.451. The molecule has 1 aromatic carbocycles. The van der Waals surface area contributed by atoms with E-state index in [0.29, 0.717) is 31.1 Å². The fraction of sp³-hybridized carbons (Fsp3) is 0.567. The summed E-state index contributed by atoms with van der Waals surface area (Å²) in [7, 11) is 0. The summed E-state index contributed by atoms with van der Waals surface area (Å²) in [5, 5.41) is 12.2. The minimum Gasteiger partial charge on any atom is -0.490 e. The van der Waals surface area contributed by atoms with Crippen molar-refractivity contribution in [3.8, 4) is 11.8 Å². The number of nitriles is 1. The van der Waals surface area contributed by atoms with E-state index in [1.165, 1.54) is 37.8 Å². The van der Waals surface area contributed by atoms with Crippen LogP contribution in [0.2, 0.25) is 0 Å². The molecule has 214 valence electrons. The highest BCUT2D eigenvalue weighted by atomic mass is 19.4. The summed E-state index contributed by atoms with van der Waals surface area (Å²) >= 11 is 0. The average molecular weight is 556 g/mol. The lowest BCUT2D eigenvalue weighted by Gasteiger charge is -2.36. The van der Waals surface area contributed by atoms with Crippen LogP contribution in [-0.2, 0) is 11.0 Å². The molecule has 40 heavy (non-hydrogen) atoms. The van der Waals surface area contributed by atoms with Gasteiger partial charge in [0, 0.05) is 56.6 Å². The molecule has 0 spiro atoms. The Hall–Kier alpha value is -3.48. The molecule has 3 fully saturated rings. The second-order valence-corrected chi connectivity index (χ2v) is 11.2. The predicted octanol–water partition coefficient (Wildman–Crippen LogP) is 6.00. The van der Waals surface area contributed by atoms with Gasteiger partial charge in [-0.15, -0.1) is 0 Å². The molecule has 1 aromatic heterocycles. The Balaban J connectivity index is 1.09. The van der Waals surface area contributed by atoms with E-state index in [0.717, 1.165) is 56.4 Å². The Morgan fingerprint density at radius 2 is 1.75 bits per heavy atom. The Morgan fingerprint density at radius 3 is 2.42 bits per heavy atom. The summed E-state index contributed by atoms with van der Waals surface area (Å²) in [4.78, 5) is 21.4. The summed E-state index contributed by atoms with van der Waals surface area (Å²) in [6.07, 6.45) is 5.82. The molecule has 2 aromatic rings. The first kappa shape index (κ1) is 28.1. The predicted molar refractivity (Wildman–Crippen MR) is 146 cm³/mol. The van der Waals surface area contributed by atoms with Crippen molar-refractivity contribution in [2.75, 3.05) is 36.4 Å². The van der Waals surface area contributed by atoms with Gasteiger partial charge in [-0.2, -0.15) is 18.4 Å². The van der Waals surface area contributed by atoms with Gasteiger partial charge in [-0.25, -0.2) is 4.98 Å². The number of hydrogen-bond acceptors (Lipinski definition) is 6. The second-order valence-electron chi connectivity index (χ2n) is 11.2. The van der Waals surface area contributed by atoms with Gasteiger partial charge in [0.05, 0.1) is 23.3 Å². The highest BCUT2D eigenvalue weighted by Crippen LogP contribution is 2.35. The third-order valence-corrected chi connectivity index (χ3v) is 8.40. The van der Waals surface area contributed by atoms with E-state index in [-0.39, 0.29) is 23.6 Å². The number of halogens is 3. The first-order valence-corrected chi connectivity index (χ1v) is 14.3. The zero-order valence-electron chi connectivity index (χ0n) is 22.6. The molecule has 0 atom stereocenters. The van der Waals surface area contributed by atoms with Gasteiger partial charge >= 0.3 is 6.18 Å². The number of anilines is 2. The maximum absolute atomic E-state index is 13.3. The van der Waals surface area contributed by atoms with Crippen LogP contribution >= 0.6 is 0 Å². The Bertz CT molecular complexity index is 1210. The molecule has 3 aliphatic rings. The summed E-state index contributed by atoms with van der Waals surface area (Å²) < 4.78 is 46.2. The van der Waals surface area contributed by atoms with Crippen molar-refractivity contribution < 1.29 is 22.7 Å². The van der Waals surface area contributed by atoms with Gasteiger partial charge in [0.25, 0.3) is 0 Å². The maximum atomic E-state index is 13.3. The third-order valence-electron chi connectivity index (χ3n) is 8.40. The highest BCUT2D eigenvalue weighted by molar-refractivity contribution is 5.76. The lowest BCUT2D eigenvalue weighted by Crippen LogP contribution is -2.49. The van der Waals surface area contributed by atoms with Crippen LogP contribution in [0.3, 0.4) is 0 Å². The number of carbonyl (C=O) groups excluding carboxylic acids is 1. The molecule has 7 nitrogen and oxygen atoms in total. The van der Waals surface area contributed by atoms with E-state index in [9.17, 15) is 18.0 Å². The van der Waals surface area contributed by atoms with Crippen LogP contribution in [0.1, 0.15) is 68.9 Å². The fourth-order valence-electron chi connectivity index (χ4n) is 6.14. The normalized spacial score (nSPS) is 22.1. The number of piperazine rings is 1. The van der Waals surface area contributed by atoms with Crippen LogP contribution in [0.15, 0.2) is 36.5 Å². The summed E-state index contributed by atoms with van der Waals surface area (Å²) in [5.41, 5.74) is -0.918. The van der Waals surface area contributed by atoms with Gasteiger partial charge in [0.15, 0.2) is 0 Å². The smallest absolute Gasteiger partial charge is 0.417 e. The molecule has 1 amide bonds. The molecule has 1 aliphatic heterocycles. The molecule has 2 saturated carbocycles. The molecule has 1 N–H and O–H groups in total. The Labute approximate surface area is 233 Å². The number of aromatic nitrogens is 1. The summed E-state index contributed by atoms with van der Waals surface area (Å²) in [5.74, 6) is 2.44.